The van der Waals surface area contributed by atoms with Crippen molar-refractivity contribution in [2.75, 3.05) is 19.5 Å². The van der Waals surface area contributed by atoms with Crippen molar-refractivity contribution in [2.24, 2.45) is 0 Å². The summed E-state index contributed by atoms with van der Waals surface area (Å²) >= 11 is 0. The lowest BCUT2D eigenvalue weighted by atomic mass is 10.1. The van der Waals surface area contributed by atoms with Crippen molar-refractivity contribution in [1.29, 1.82) is 0 Å². The molecule has 2 aromatic carbocycles. The van der Waals surface area contributed by atoms with Crippen LogP contribution in [0, 0.1) is 5.82 Å². The predicted octanol–water partition coefficient (Wildman–Crippen LogP) is 3.52. The molecule has 0 spiro atoms. The highest BCUT2D eigenvalue weighted by molar-refractivity contribution is 5.62. The fourth-order valence-electron chi connectivity index (χ4n) is 2.52. The number of nitrogens with zero attached hydrogens (tertiary/aromatic N) is 1. The third-order valence-electron chi connectivity index (χ3n) is 3.54. The number of hydrogen-bond acceptors (Lipinski definition) is 3. The molecule has 104 valence electrons. The number of rotatable bonds is 3. The highest BCUT2D eigenvalue weighted by Crippen LogP contribution is 2.28. The summed E-state index contributed by atoms with van der Waals surface area (Å²) in [6.07, 6.45) is 0. The molecule has 0 aromatic heterocycles. The highest BCUT2D eigenvalue weighted by Gasteiger charge is 2.15. The predicted molar refractivity (Wildman–Crippen MR) is 77.8 cm³/mol. The molecular weight excluding hydrogens is 255 g/mol. The van der Waals surface area contributed by atoms with E-state index >= 15 is 0 Å². The summed E-state index contributed by atoms with van der Waals surface area (Å²) in [6, 6.07) is 11.0. The van der Waals surface area contributed by atoms with Crippen LogP contribution in [0.15, 0.2) is 36.4 Å². The van der Waals surface area contributed by atoms with Crippen LogP contribution >= 0.6 is 0 Å². The van der Waals surface area contributed by atoms with Gasteiger partial charge in [-0.15, -0.1) is 0 Å². The van der Waals surface area contributed by atoms with Gasteiger partial charge in [0.1, 0.15) is 11.6 Å². The van der Waals surface area contributed by atoms with Crippen molar-refractivity contribution in [3.8, 4) is 5.75 Å². The van der Waals surface area contributed by atoms with Crippen LogP contribution in [0.4, 0.5) is 15.8 Å². The van der Waals surface area contributed by atoms with Crippen molar-refractivity contribution < 1.29 is 9.13 Å². The molecule has 0 fully saturated rings. The second kappa shape index (κ2) is 5.13. The maximum Gasteiger partial charge on any atom is 0.150 e. The number of methoxy groups -OCH3 is 1. The van der Waals surface area contributed by atoms with Gasteiger partial charge >= 0.3 is 0 Å². The molecule has 1 heterocycles. The lowest BCUT2D eigenvalue weighted by molar-refractivity contribution is 0.353. The minimum Gasteiger partial charge on any atom is -0.497 e. The maximum atomic E-state index is 13.9. The van der Waals surface area contributed by atoms with E-state index in [2.05, 4.69) is 29.4 Å². The largest absolute Gasteiger partial charge is 0.497 e. The molecule has 2 aromatic rings. The van der Waals surface area contributed by atoms with Crippen molar-refractivity contribution in [1.82, 2.24) is 4.90 Å². The SMILES string of the molecule is COc1ccc(Nc2ccc3c(c2)CN(C)C3)c(F)c1. The number of benzene rings is 2. The molecule has 20 heavy (non-hydrogen) atoms. The quantitative estimate of drug-likeness (QED) is 0.925. The zero-order chi connectivity index (χ0) is 14.1. The van der Waals surface area contributed by atoms with Crippen LogP contribution in [-0.2, 0) is 13.1 Å². The Morgan fingerprint density at radius 2 is 1.90 bits per heavy atom. The summed E-state index contributed by atoms with van der Waals surface area (Å²) < 4.78 is 18.9. The molecule has 4 heteroatoms. The third-order valence-corrected chi connectivity index (χ3v) is 3.54. The Morgan fingerprint density at radius 3 is 2.65 bits per heavy atom. The molecule has 1 aliphatic rings. The molecule has 1 N–H and O–H groups in total. The van der Waals surface area contributed by atoms with Gasteiger partial charge in [0.05, 0.1) is 12.8 Å². The van der Waals surface area contributed by atoms with Crippen LogP contribution in [0.1, 0.15) is 11.1 Å². The standard InChI is InChI=1S/C16H17FN2O/c1-19-9-11-3-4-13(7-12(11)10-19)18-16-6-5-14(20-2)8-15(16)17/h3-8,18H,9-10H2,1-2H3. The van der Waals surface area contributed by atoms with Gasteiger partial charge in [0.15, 0.2) is 0 Å². The first-order valence-electron chi connectivity index (χ1n) is 6.56. The third kappa shape index (κ3) is 2.47. The monoisotopic (exact) mass is 272 g/mol. The zero-order valence-corrected chi connectivity index (χ0v) is 11.6. The number of fused-ring (bicyclic) bond motifs is 1. The minimum absolute atomic E-state index is 0.318. The molecule has 0 aliphatic carbocycles. The van der Waals surface area contributed by atoms with Gasteiger partial charge in [0.2, 0.25) is 0 Å². The van der Waals surface area contributed by atoms with Gasteiger partial charge in [-0.3, -0.25) is 4.90 Å². The maximum absolute atomic E-state index is 13.9. The number of ether oxygens (including phenoxy) is 1. The van der Waals surface area contributed by atoms with E-state index in [0.29, 0.717) is 11.4 Å². The van der Waals surface area contributed by atoms with E-state index < -0.39 is 0 Å². The first-order valence-corrected chi connectivity index (χ1v) is 6.56. The number of hydrogen-bond donors (Lipinski definition) is 1. The average molecular weight is 272 g/mol. The van der Waals surface area contributed by atoms with Gasteiger partial charge in [-0.1, -0.05) is 6.07 Å². The molecule has 0 bridgehead atoms. The Bertz CT molecular complexity index is 642. The molecule has 1 aliphatic heterocycles. The minimum atomic E-state index is -0.318. The molecule has 3 rings (SSSR count). The average Bonchev–Trinajstić information content (AvgIpc) is 2.80. The molecule has 0 amide bonds. The first-order chi connectivity index (χ1) is 9.65. The molecule has 0 atom stereocenters. The van der Waals surface area contributed by atoms with Crippen molar-refractivity contribution in [2.45, 2.75) is 13.1 Å². The van der Waals surface area contributed by atoms with E-state index in [1.165, 1.54) is 24.3 Å². The summed E-state index contributed by atoms with van der Waals surface area (Å²) in [6.45, 7) is 1.92. The van der Waals surface area contributed by atoms with Crippen LogP contribution in [0.3, 0.4) is 0 Å². The van der Waals surface area contributed by atoms with Crippen molar-refractivity contribution in [3.05, 3.63) is 53.3 Å². The Labute approximate surface area is 118 Å². The van der Waals surface area contributed by atoms with Gasteiger partial charge in [-0.2, -0.15) is 0 Å². The number of nitrogens with one attached hydrogen (secondary N) is 1. The van der Waals surface area contributed by atoms with Gasteiger partial charge in [0.25, 0.3) is 0 Å². The first kappa shape index (κ1) is 12.9. The van der Waals surface area contributed by atoms with Crippen LogP contribution in [-0.4, -0.2) is 19.1 Å². The summed E-state index contributed by atoms with van der Waals surface area (Å²) in [4.78, 5) is 2.25. The Morgan fingerprint density at radius 1 is 1.10 bits per heavy atom. The normalized spacial score (nSPS) is 14.2. The molecule has 0 saturated heterocycles. The molecular formula is C16H17FN2O. The molecule has 3 nitrogen and oxygen atoms in total. The molecule has 0 radical (unpaired) electrons. The summed E-state index contributed by atoms with van der Waals surface area (Å²) in [5.41, 5.74) is 4.00. The Balaban J connectivity index is 1.83. The lowest BCUT2D eigenvalue weighted by Crippen LogP contribution is -2.07. The molecule has 0 saturated carbocycles. The van der Waals surface area contributed by atoms with E-state index in [-0.39, 0.29) is 5.82 Å². The molecule has 0 unspecified atom stereocenters. The Hall–Kier alpha value is -2.07. The topological polar surface area (TPSA) is 24.5 Å². The van der Waals surface area contributed by atoms with E-state index in [9.17, 15) is 4.39 Å². The van der Waals surface area contributed by atoms with Gasteiger partial charge in [-0.25, -0.2) is 4.39 Å². The van der Waals surface area contributed by atoms with Crippen LogP contribution < -0.4 is 10.1 Å². The van der Waals surface area contributed by atoms with E-state index in [1.807, 2.05) is 6.07 Å². The number of halogens is 1. The Kier molecular flexibility index (Phi) is 3.32. The summed E-state index contributed by atoms with van der Waals surface area (Å²) in [5.74, 6) is 0.200. The number of anilines is 2. The van der Waals surface area contributed by atoms with Crippen LogP contribution in [0.2, 0.25) is 0 Å². The summed E-state index contributed by atoms with van der Waals surface area (Å²) in [5, 5.41) is 3.12. The summed E-state index contributed by atoms with van der Waals surface area (Å²) in [7, 11) is 3.62. The van der Waals surface area contributed by atoms with Gasteiger partial charge < -0.3 is 10.1 Å². The smallest absolute Gasteiger partial charge is 0.150 e. The fraction of sp³-hybridized carbons (Fsp3) is 0.250. The second-order valence-corrected chi connectivity index (χ2v) is 5.13. The van der Waals surface area contributed by atoms with Crippen molar-refractivity contribution in [3.63, 3.8) is 0 Å². The van der Waals surface area contributed by atoms with Crippen molar-refractivity contribution >= 4 is 11.4 Å². The van der Waals surface area contributed by atoms with Gasteiger partial charge in [-0.05, 0) is 42.4 Å². The van der Waals surface area contributed by atoms with E-state index in [1.54, 1.807) is 12.1 Å². The highest BCUT2D eigenvalue weighted by atomic mass is 19.1. The lowest BCUT2D eigenvalue weighted by Gasteiger charge is -2.10. The van der Waals surface area contributed by atoms with E-state index in [4.69, 9.17) is 4.74 Å². The van der Waals surface area contributed by atoms with Crippen LogP contribution in [0.25, 0.3) is 0 Å². The fourth-order valence-corrected chi connectivity index (χ4v) is 2.52. The second-order valence-electron chi connectivity index (χ2n) is 5.13. The van der Waals surface area contributed by atoms with Crippen LogP contribution in [0.5, 0.6) is 5.75 Å². The zero-order valence-electron chi connectivity index (χ0n) is 11.6. The van der Waals surface area contributed by atoms with E-state index in [0.717, 1.165) is 18.8 Å². The van der Waals surface area contributed by atoms with Gasteiger partial charge in [0, 0.05) is 24.8 Å².